The van der Waals surface area contributed by atoms with Gasteiger partial charge in [0.1, 0.15) is 12.2 Å². The van der Waals surface area contributed by atoms with Crippen LogP contribution in [0.2, 0.25) is 0 Å². The van der Waals surface area contributed by atoms with Gasteiger partial charge in [0.05, 0.1) is 11.3 Å². The van der Waals surface area contributed by atoms with Crippen LogP contribution in [0.1, 0.15) is 52.9 Å². The molecular formula is C18H26O6. The van der Waals surface area contributed by atoms with Gasteiger partial charge in [0.25, 0.3) is 0 Å². The van der Waals surface area contributed by atoms with Gasteiger partial charge >= 0.3 is 17.9 Å². The maximum Gasteiger partial charge on any atom is 0.344 e. The molecule has 0 aromatic heterocycles. The Morgan fingerprint density at radius 3 is 2.67 bits per heavy atom. The van der Waals surface area contributed by atoms with Gasteiger partial charge in [-0.3, -0.25) is 9.59 Å². The predicted octanol–water partition coefficient (Wildman–Crippen LogP) is 2.24. The van der Waals surface area contributed by atoms with Gasteiger partial charge in [-0.05, 0) is 51.9 Å². The third-order valence-electron chi connectivity index (χ3n) is 5.86. The summed E-state index contributed by atoms with van der Waals surface area (Å²) in [6.07, 6.45) is 3.25. The molecule has 4 aliphatic rings. The molecule has 0 amide bonds. The fourth-order valence-electron chi connectivity index (χ4n) is 4.09. The Bertz CT molecular complexity index is 540. The molecule has 5 unspecified atom stereocenters. The maximum atomic E-state index is 12.1. The molecule has 4 bridgehead atoms. The molecule has 0 spiro atoms. The van der Waals surface area contributed by atoms with Crippen molar-refractivity contribution in [3.8, 4) is 0 Å². The van der Waals surface area contributed by atoms with Crippen molar-refractivity contribution < 1.29 is 28.6 Å². The zero-order valence-electron chi connectivity index (χ0n) is 14.6. The van der Waals surface area contributed by atoms with E-state index in [2.05, 4.69) is 0 Å². The molecule has 2 aliphatic carbocycles. The fourth-order valence-corrected chi connectivity index (χ4v) is 4.09. The van der Waals surface area contributed by atoms with Gasteiger partial charge in [-0.15, -0.1) is 0 Å². The van der Waals surface area contributed by atoms with Crippen molar-refractivity contribution >= 4 is 17.9 Å². The lowest BCUT2D eigenvalue weighted by Crippen LogP contribution is -2.45. The summed E-state index contributed by atoms with van der Waals surface area (Å²) in [6, 6.07) is 0. The van der Waals surface area contributed by atoms with E-state index in [0.29, 0.717) is 12.3 Å². The lowest BCUT2D eigenvalue weighted by atomic mass is 9.67. The minimum absolute atomic E-state index is 0.0503. The highest BCUT2D eigenvalue weighted by atomic mass is 16.6. The Kier molecular flexibility index (Phi) is 4.58. The van der Waals surface area contributed by atoms with Gasteiger partial charge in [0, 0.05) is 5.92 Å². The van der Waals surface area contributed by atoms with Crippen LogP contribution in [0.15, 0.2) is 0 Å². The maximum absolute atomic E-state index is 12.1. The van der Waals surface area contributed by atoms with E-state index in [-0.39, 0.29) is 30.5 Å². The van der Waals surface area contributed by atoms with Crippen molar-refractivity contribution in [2.45, 2.75) is 65.1 Å². The summed E-state index contributed by atoms with van der Waals surface area (Å²) in [7, 11) is 0. The number of hydrogen-bond acceptors (Lipinski definition) is 6. The van der Waals surface area contributed by atoms with Gasteiger partial charge in [-0.2, -0.15) is 0 Å². The summed E-state index contributed by atoms with van der Waals surface area (Å²) < 4.78 is 16.2. The summed E-state index contributed by atoms with van der Waals surface area (Å²) in [5.41, 5.74) is -0.615. The number of carbonyl (C=O) groups excluding carboxylic acids is 3. The Balaban J connectivity index is 1.57. The topological polar surface area (TPSA) is 78.9 Å². The standard InChI is InChI=1S/C18H26O6/c1-4-18(2,3)17(21)22-9-14(19)24-15-11-5-10-6-12(8-11)16(20)23-13(15)7-10/h10-13,15H,4-9H2,1-3H3. The SMILES string of the molecule is CCC(C)(C)C(=O)OCC(=O)OC1C2CC3CC(C2)C(=O)OC1C3. The summed E-state index contributed by atoms with van der Waals surface area (Å²) in [5.74, 6) is -0.513. The van der Waals surface area contributed by atoms with Crippen LogP contribution in [0, 0.1) is 23.2 Å². The molecule has 5 atom stereocenters. The summed E-state index contributed by atoms with van der Waals surface area (Å²) in [5, 5.41) is 0. The number of ether oxygens (including phenoxy) is 3. The van der Waals surface area contributed by atoms with Crippen molar-refractivity contribution in [3.05, 3.63) is 0 Å². The summed E-state index contributed by atoms with van der Waals surface area (Å²) in [6.45, 7) is 5.06. The van der Waals surface area contributed by atoms with E-state index in [1.807, 2.05) is 6.92 Å². The Morgan fingerprint density at radius 1 is 1.21 bits per heavy atom. The molecule has 4 rings (SSSR count). The van der Waals surface area contributed by atoms with Gasteiger partial charge < -0.3 is 14.2 Å². The van der Waals surface area contributed by atoms with Crippen LogP contribution < -0.4 is 0 Å². The third-order valence-corrected chi connectivity index (χ3v) is 5.86. The van der Waals surface area contributed by atoms with Crippen LogP contribution in [-0.4, -0.2) is 36.7 Å². The smallest absolute Gasteiger partial charge is 0.344 e. The molecule has 2 saturated carbocycles. The van der Waals surface area contributed by atoms with Gasteiger partial charge in [-0.1, -0.05) is 6.92 Å². The van der Waals surface area contributed by atoms with Crippen molar-refractivity contribution in [1.29, 1.82) is 0 Å². The summed E-state index contributed by atoms with van der Waals surface area (Å²) >= 11 is 0. The minimum atomic E-state index is -0.615. The first-order chi connectivity index (χ1) is 11.3. The molecule has 0 aromatic rings. The fraction of sp³-hybridized carbons (Fsp3) is 0.833. The minimum Gasteiger partial charge on any atom is -0.458 e. The average Bonchev–Trinajstić information content (AvgIpc) is 2.70. The molecule has 2 heterocycles. The first kappa shape index (κ1) is 17.2. The van der Waals surface area contributed by atoms with Crippen LogP contribution in [0.4, 0.5) is 0 Å². The second kappa shape index (κ2) is 6.37. The number of hydrogen-bond donors (Lipinski definition) is 0. The Morgan fingerprint density at radius 2 is 1.96 bits per heavy atom. The van der Waals surface area contributed by atoms with Crippen molar-refractivity contribution in [1.82, 2.24) is 0 Å². The third kappa shape index (κ3) is 3.28. The lowest BCUT2D eigenvalue weighted by molar-refractivity contribution is -0.180. The highest BCUT2D eigenvalue weighted by Gasteiger charge is 2.51. The Labute approximate surface area is 142 Å². The van der Waals surface area contributed by atoms with E-state index >= 15 is 0 Å². The van der Waals surface area contributed by atoms with Crippen LogP contribution in [-0.2, 0) is 28.6 Å². The molecule has 0 radical (unpaired) electrons. The molecule has 6 heteroatoms. The number of esters is 3. The number of fused-ring (bicyclic) bond motifs is 1. The van der Waals surface area contributed by atoms with Crippen LogP contribution in [0.3, 0.4) is 0 Å². The zero-order valence-corrected chi connectivity index (χ0v) is 14.6. The first-order valence-electron chi connectivity index (χ1n) is 8.87. The van der Waals surface area contributed by atoms with Crippen LogP contribution in [0.5, 0.6) is 0 Å². The normalized spacial score (nSPS) is 34.5. The molecule has 0 N–H and O–H groups in total. The van der Waals surface area contributed by atoms with Crippen molar-refractivity contribution in [3.63, 3.8) is 0 Å². The van der Waals surface area contributed by atoms with Gasteiger partial charge in [0.2, 0.25) is 0 Å². The molecule has 24 heavy (non-hydrogen) atoms. The highest BCUT2D eigenvalue weighted by Crippen LogP contribution is 2.48. The van der Waals surface area contributed by atoms with E-state index < -0.39 is 23.5 Å². The van der Waals surface area contributed by atoms with E-state index in [9.17, 15) is 14.4 Å². The second-order valence-corrected chi connectivity index (χ2v) is 8.01. The summed E-state index contributed by atoms with van der Waals surface area (Å²) in [4.78, 5) is 36.1. The molecule has 134 valence electrons. The largest absolute Gasteiger partial charge is 0.458 e. The van der Waals surface area contributed by atoms with Gasteiger partial charge in [0.15, 0.2) is 6.61 Å². The average molecular weight is 338 g/mol. The highest BCUT2D eigenvalue weighted by molar-refractivity contribution is 5.80. The monoisotopic (exact) mass is 338 g/mol. The van der Waals surface area contributed by atoms with Crippen LogP contribution in [0.25, 0.3) is 0 Å². The van der Waals surface area contributed by atoms with E-state index in [0.717, 1.165) is 25.7 Å². The van der Waals surface area contributed by atoms with E-state index in [4.69, 9.17) is 14.2 Å². The molecule has 2 aliphatic heterocycles. The number of carbonyl (C=O) groups is 3. The van der Waals surface area contributed by atoms with E-state index in [1.165, 1.54) is 0 Å². The molecule has 0 aromatic carbocycles. The first-order valence-corrected chi connectivity index (χ1v) is 8.87. The molecule has 4 fully saturated rings. The zero-order chi connectivity index (χ0) is 17.5. The Hall–Kier alpha value is -1.59. The quantitative estimate of drug-likeness (QED) is 0.565. The molecule has 2 saturated heterocycles. The molecular weight excluding hydrogens is 312 g/mol. The second-order valence-electron chi connectivity index (χ2n) is 8.01. The lowest BCUT2D eigenvalue weighted by Gasteiger charge is -2.41. The van der Waals surface area contributed by atoms with Crippen molar-refractivity contribution in [2.75, 3.05) is 6.61 Å². The number of rotatable bonds is 5. The van der Waals surface area contributed by atoms with E-state index in [1.54, 1.807) is 13.8 Å². The van der Waals surface area contributed by atoms with Crippen molar-refractivity contribution in [2.24, 2.45) is 23.2 Å². The van der Waals surface area contributed by atoms with Gasteiger partial charge in [-0.25, -0.2) is 4.79 Å². The predicted molar refractivity (Wildman–Crippen MR) is 83.7 cm³/mol. The van der Waals surface area contributed by atoms with Crippen LogP contribution >= 0.6 is 0 Å². The molecule has 6 nitrogen and oxygen atoms in total.